The average molecular weight is 193 g/mol. The van der Waals surface area contributed by atoms with Gasteiger partial charge < -0.3 is 10.5 Å². The lowest BCUT2D eigenvalue weighted by atomic mass is 9.91. The highest BCUT2D eigenvalue weighted by molar-refractivity contribution is 5.78. The number of carbonyl (C=O) groups excluding carboxylic acids is 1. The van der Waals surface area contributed by atoms with Gasteiger partial charge in [0.1, 0.15) is 5.75 Å². The minimum Gasteiger partial charge on any atom is -0.497 e. The smallest absolute Gasteiger partial charge is 0.150 e. The number of benzene rings is 1. The van der Waals surface area contributed by atoms with Crippen molar-refractivity contribution >= 4 is 6.29 Å². The van der Waals surface area contributed by atoms with Crippen LogP contribution in [0.3, 0.4) is 0 Å². The first-order valence-electron chi connectivity index (χ1n) is 4.41. The predicted octanol–water partition coefficient (Wildman–Crippen LogP) is 1.70. The van der Waals surface area contributed by atoms with Crippen molar-refractivity contribution in [1.82, 2.24) is 0 Å². The van der Waals surface area contributed by atoms with Gasteiger partial charge in [-0.25, -0.2) is 0 Å². The van der Waals surface area contributed by atoms with Crippen LogP contribution in [-0.2, 0) is 5.54 Å². The van der Waals surface area contributed by atoms with E-state index in [1.165, 1.54) is 0 Å². The summed E-state index contributed by atoms with van der Waals surface area (Å²) in [6.07, 6.45) is 0.798. The van der Waals surface area contributed by atoms with Crippen molar-refractivity contribution in [2.24, 2.45) is 5.73 Å². The van der Waals surface area contributed by atoms with E-state index in [4.69, 9.17) is 10.5 Å². The van der Waals surface area contributed by atoms with Crippen LogP contribution in [0.2, 0.25) is 0 Å². The lowest BCUT2D eigenvalue weighted by Crippen LogP contribution is -2.29. The molecule has 14 heavy (non-hydrogen) atoms. The normalized spacial score (nSPS) is 11.1. The van der Waals surface area contributed by atoms with Crippen molar-refractivity contribution in [3.63, 3.8) is 0 Å². The number of nitrogens with two attached hydrogens (primary N) is 1. The lowest BCUT2D eigenvalue weighted by molar-refractivity contribution is 0.112. The molecule has 0 aliphatic carbocycles. The minimum absolute atomic E-state index is 0.511. The maximum absolute atomic E-state index is 10.8. The molecule has 0 saturated carbocycles. The van der Waals surface area contributed by atoms with Crippen molar-refractivity contribution in [2.75, 3.05) is 7.11 Å². The summed E-state index contributed by atoms with van der Waals surface area (Å²) in [6.45, 7) is 3.73. The van der Waals surface area contributed by atoms with Gasteiger partial charge in [-0.2, -0.15) is 0 Å². The Labute approximate surface area is 83.9 Å². The van der Waals surface area contributed by atoms with E-state index in [1.54, 1.807) is 19.2 Å². The second kappa shape index (κ2) is 3.80. The van der Waals surface area contributed by atoms with Crippen LogP contribution in [-0.4, -0.2) is 13.4 Å². The van der Waals surface area contributed by atoms with Gasteiger partial charge in [-0.15, -0.1) is 0 Å². The Hall–Kier alpha value is -1.35. The van der Waals surface area contributed by atoms with Gasteiger partial charge >= 0.3 is 0 Å². The van der Waals surface area contributed by atoms with Gasteiger partial charge in [-0.05, 0) is 31.5 Å². The Bertz CT molecular complexity index is 340. The molecule has 0 aliphatic heterocycles. The number of methoxy groups -OCH3 is 1. The third kappa shape index (κ3) is 2.12. The quantitative estimate of drug-likeness (QED) is 0.743. The Morgan fingerprint density at radius 2 is 2.07 bits per heavy atom. The van der Waals surface area contributed by atoms with Crippen LogP contribution in [0.5, 0.6) is 5.75 Å². The predicted molar refractivity (Wildman–Crippen MR) is 55.6 cm³/mol. The van der Waals surface area contributed by atoms with Crippen molar-refractivity contribution in [1.29, 1.82) is 0 Å². The summed E-state index contributed by atoms with van der Waals surface area (Å²) in [7, 11) is 1.57. The Balaban J connectivity index is 3.25. The molecule has 0 atom stereocenters. The van der Waals surface area contributed by atoms with E-state index in [2.05, 4.69) is 0 Å². The first kappa shape index (κ1) is 10.7. The molecule has 0 unspecified atom stereocenters. The van der Waals surface area contributed by atoms with Crippen molar-refractivity contribution < 1.29 is 9.53 Å². The fraction of sp³-hybridized carbons (Fsp3) is 0.364. The molecule has 0 saturated heterocycles. The largest absolute Gasteiger partial charge is 0.497 e. The monoisotopic (exact) mass is 193 g/mol. The van der Waals surface area contributed by atoms with Gasteiger partial charge in [-0.1, -0.05) is 6.07 Å². The molecule has 0 spiro atoms. The number of carbonyl (C=O) groups is 1. The fourth-order valence-electron chi connectivity index (χ4n) is 1.35. The van der Waals surface area contributed by atoms with Gasteiger partial charge in [0.05, 0.1) is 7.11 Å². The van der Waals surface area contributed by atoms with Crippen LogP contribution in [0.15, 0.2) is 18.2 Å². The molecule has 76 valence electrons. The van der Waals surface area contributed by atoms with E-state index in [9.17, 15) is 4.79 Å². The maximum Gasteiger partial charge on any atom is 0.150 e. The van der Waals surface area contributed by atoms with Gasteiger partial charge in [0.25, 0.3) is 0 Å². The third-order valence-corrected chi connectivity index (χ3v) is 2.08. The van der Waals surface area contributed by atoms with E-state index >= 15 is 0 Å². The van der Waals surface area contributed by atoms with Crippen molar-refractivity contribution in [3.8, 4) is 5.75 Å². The summed E-state index contributed by atoms with van der Waals surface area (Å²) < 4.78 is 5.02. The first-order chi connectivity index (χ1) is 6.49. The molecule has 0 fully saturated rings. The summed E-state index contributed by atoms with van der Waals surface area (Å²) in [6, 6.07) is 5.32. The van der Waals surface area contributed by atoms with Gasteiger partial charge in [0.2, 0.25) is 0 Å². The summed E-state index contributed by atoms with van der Waals surface area (Å²) in [5, 5.41) is 0. The van der Waals surface area contributed by atoms with Crippen LogP contribution in [0, 0.1) is 0 Å². The van der Waals surface area contributed by atoms with E-state index in [0.717, 1.165) is 11.8 Å². The Morgan fingerprint density at radius 3 is 2.50 bits per heavy atom. The molecule has 0 amide bonds. The summed E-state index contributed by atoms with van der Waals surface area (Å²) in [5.41, 5.74) is 6.82. The standard InChI is InChI=1S/C11H15NO2/c1-11(2,12)10-5-4-9(14-3)6-8(10)7-13/h4-7H,12H2,1-3H3. The molecular weight excluding hydrogens is 178 g/mol. The summed E-state index contributed by atoms with van der Waals surface area (Å²) in [4.78, 5) is 10.8. The molecule has 0 bridgehead atoms. The highest BCUT2D eigenvalue weighted by Gasteiger charge is 2.18. The highest BCUT2D eigenvalue weighted by Crippen LogP contribution is 2.24. The topological polar surface area (TPSA) is 52.3 Å². The zero-order valence-electron chi connectivity index (χ0n) is 8.70. The number of aldehydes is 1. The summed E-state index contributed by atoms with van der Waals surface area (Å²) >= 11 is 0. The molecule has 1 aromatic carbocycles. The highest BCUT2D eigenvalue weighted by atomic mass is 16.5. The zero-order valence-corrected chi connectivity index (χ0v) is 8.70. The number of hydrogen-bond donors (Lipinski definition) is 1. The van der Waals surface area contributed by atoms with E-state index in [0.29, 0.717) is 11.3 Å². The van der Waals surface area contributed by atoms with Crippen LogP contribution >= 0.6 is 0 Å². The molecule has 3 nitrogen and oxygen atoms in total. The molecule has 0 heterocycles. The number of ether oxygens (including phenoxy) is 1. The SMILES string of the molecule is COc1ccc(C(C)(C)N)c(C=O)c1. The van der Waals surface area contributed by atoms with Crippen molar-refractivity contribution in [3.05, 3.63) is 29.3 Å². The van der Waals surface area contributed by atoms with Crippen LogP contribution in [0.4, 0.5) is 0 Å². The zero-order chi connectivity index (χ0) is 10.8. The van der Waals surface area contributed by atoms with Crippen molar-refractivity contribution in [2.45, 2.75) is 19.4 Å². The number of rotatable bonds is 3. The van der Waals surface area contributed by atoms with E-state index in [-0.39, 0.29) is 0 Å². The second-order valence-electron chi connectivity index (χ2n) is 3.79. The fourth-order valence-corrected chi connectivity index (χ4v) is 1.35. The Kier molecular flexibility index (Phi) is 2.91. The Morgan fingerprint density at radius 1 is 1.43 bits per heavy atom. The van der Waals surface area contributed by atoms with Crippen LogP contribution < -0.4 is 10.5 Å². The van der Waals surface area contributed by atoms with Gasteiger partial charge in [0, 0.05) is 11.1 Å². The molecule has 2 N–H and O–H groups in total. The molecule has 3 heteroatoms. The maximum atomic E-state index is 10.8. The molecule has 1 aromatic rings. The first-order valence-corrected chi connectivity index (χ1v) is 4.41. The average Bonchev–Trinajstić information content (AvgIpc) is 2.15. The van der Waals surface area contributed by atoms with Gasteiger partial charge in [-0.3, -0.25) is 4.79 Å². The molecule has 0 aromatic heterocycles. The minimum atomic E-state index is -0.511. The molecule has 0 radical (unpaired) electrons. The second-order valence-corrected chi connectivity index (χ2v) is 3.79. The lowest BCUT2D eigenvalue weighted by Gasteiger charge is -2.21. The van der Waals surface area contributed by atoms with Crippen LogP contribution in [0.1, 0.15) is 29.8 Å². The molecule has 0 aliphatic rings. The van der Waals surface area contributed by atoms with Gasteiger partial charge in [0.15, 0.2) is 6.29 Å². The van der Waals surface area contributed by atoms with E-state index in [1.807, 2.05) is 19.9 Å². The molecular formula is C11H15NO2. The van der Waals surface area contributed by atoms with Crippen LogP contribution in [0.25, 0.3) is 0 Å². The third-order valence-electron chi connectivity index (χ3n) is 2.08. The molecule has 1 rings (SSSR count). The summed E-state index contributed by atoms with van der Waals surface area (Å²) in [5.74, 6) is 0.667. The van der Waals surface area contributed by atoms with E-state index < -0.39 is 5.54 Å². The number of hydrogen-bond acceptors (Lipinski definition) is 3.